The van der Waals surface area contributed by atoms with E-state index < -0.39 is 11.5 Å². The molecule has 0 aliphatic rings. The second-order valence-corrected chi connectivity index (χ2v) is 13.7. The highest BCUT2D eigenvalue weighted by atomic mass is 35.5. The second-order valence-electron chi connectivity index (χ2n) is 12.2. The van der Waals surface area contributed by atoms with Gasteiger partial charge < -0.3 is 19.3 Å². The number of alkyl halides is 1. The third kappa shape index (κ3) is 9.61. The van der Waals surface area contributed by atoms with Crippen LogP contribution in [-0.2, 0) is 4.79 Å². The smallest absolute Gasteiger partial charge is 0.360 e. The molecule has 0 spiro atoms. The van der Waals surface area contributed by atoms with Gasteiger partial charge in [0.15, 0.2) is 0 Å². The lowest BCUT2D eigenvalue weighted by Gasteiger charge is -2.12. The molecular weight excluding hydrogens is 712 g/mol. The molecule has 266 valence electrons. The standard InChI is InChI=1S/C47H35ClO5S/c48-46(47(49)50)53-43-27-29-44(30-28-43)54-32-31-45(37-15-11-33(12-16-37)35-19-23-41(24-20-35)51-39-7-3-1-4-8-39)38-17-13-34(14-18-38)36-21-25-42(26-22-36)52-40-9-5-2-6-10-40/h1-31,46H,32H2,(H,49,50). The molecule has 0 fully saturated rings. The predicted octanol–water partition coefficient (Wildman–Crippen LogP) is 12.9. The molecule has 0 radical (unpaired) electrons. The van der Waals surface area contributed by atoms with Crippen molar-refractivity contribution in [2.45, 2.75) is 10.5 Å². The van der Waals surface area contributed by atoms with Crippen LogP contribution >= 0.6 is 23.4 Å². The Morgan fingerprint density at radius 2 is 0.889 bits per heavy atom. The number of para-hydroxylation sites is 2. The lowest BCUT2D eigenvalue weighted by molar-refractivity contribution is -0.141. The van der Waals surface area contributed by atoms with Crippen molar-refractivity contribution in [2.24, 2.45) is 0 Å². The zero-order chi connectivity index (χ0) is 37.1. The van der Waals surface area contributed by atoms with Crippen LogP contribution in [0.5, 0.6) is 28.7 Å². The third-order valence-electron chi connectivity index (χ3n) is 8.52. The topological polar surface area (TPSA) is 65.0 Å². The normalized spacial score (nSPS) is 11.3. The number of hydrogen-bond acceptors (Lipinski definition) is 5. The summed E-state index contributed by atoms with van der Waals surface area (Å²) < 4.78 is 17.2. The molecule has 0 saturated carbocycles. The fourth-order valence-corrected chi connectivity index (χ4v) is 6.65. The van der Waals surface area contributed by atoms with Gasteiger partial charge in [-0.2, -0.15) is 0 Å². The van der Waals surface area contributed by atoms with E-state index in [9.17, 15) is 4.79 Å². The van der Waals surface area contributed by atoms with Gasteiger partial charge in [0.2, 0.25) is 0 Å². The Morgan fingerprint density at radius 3 is 1.30 bits per heavy atom. The number of aliphatic carboxylic acids is 1. The number of carbonyl (C=O) groups is 1. The zero-order valence-electron chi connectivity index (χ0n) is 29.0. The molecule has 7 rings (SSSR count). The van der Waals surface area contributed by atoms with E-state index >= 15 is 0 Å². The minimum Gasteiger partial charge on any atom is -0.478 e. The van der Waals surface area contributed by atoms with E-state index in [1.807, 2.05) is 97.1 Å². The van der Waals surface area contributed by atoms with Gasteiger partial charge in [0.1, 0.15) is 28.7 Å². The van der Waals surface area contributed by atoms with Crippen molar-refractivity contribution in [3.8, 4) is 51.0 Å². The number of carboxylic acid groups (broad SMARTS) is 1. The summed E-state index contributed by atoms with van der Waals surface area (Å²) in [5.74, 6) is 3.06. The molecule has 0 aliphatic carbocycles. The minimum atomic E-state index is -1.44. The van der Waals surface area contributed by atoms with Crippen LogP contribution in [0.1, 0.15) is 11.1 Å². The Labute approximate surface area is 324 Å². The number of carboxylic acids is 1. The molecule has 0 amide bonds. The largest absolute Gasteiger partial charge is 0.478 e. The average Bonchev–Trinajstić information content (AvgIpc) is 3.22. The highest BCUT2D eigenvalue weighted by Crippen LogP contribution is 2.33. The molecule has 0 aromatic heterocycles. The highest BCUT2D eigenvalue weighted by Gasteiger charge is 2.15. The fourth-order valence-electron chi connectivity index (χ4n) is 5.77. The van der Waals surface area contributed by atoms with Gasteiger partial charge >= 0.3 is 5.97 Å². The first-order valence-corrected chi connectivity index (χ1v) is 18.7. The van der Waals surface area contributed by atoms with Crippen molar-refractivity contribution in [3.63, 3.8) is 0 Å². The van der Waals surface area contributed by atoms with E-state index in [1.165, 1.54) is 0 Å². The van der Waals surface area contributed by atoms with Gasteiger partial charge in [0.25, 0.3) is 5.56 Å². The first-order valence-electron chi connectivity index (χ1n) is 17.3. The van der Waals surface area contributed by atoms with Crippen molar-refractivity contribution in [1.82, 2.24) is 0 Å². The molecule has 54 heavy (non-hydrogen) atoms. The number of hydrogen-bond donors (Lipinski definition) is 1. The van der Waals surface area contributed by atoms with Crippen molar-refractivity contribution >= 4 is 34.9 Å². The Bertz CT molecular complexity index is 2160. The van der Waals surface area contributed by atoms with Gasteiger partial charge in [-0.15, -0.1) is 11.8 Å². The Kier molecular flexibility index (Phi) is 11.7. The molecule has 1 atom stereocenters. The quantitative estimate of drug-likeness (QED) is 0.0883. The molecule has 7 aromatic carbocycles. The van der Waals surface area contributed by atoms with E-state index in [0.717, 1.165) is 66.8 Å². The molecule has 5 nitrogen and oxygen atoms in total. The van der Waals surface area contributed by atoms with Crippen LogP contribution in [0.4, 0.5) is 0 Å². The molecule has 0 aliphatic heterocycles. The summed E-state index contributed by atoms with van der Waals surface area (Å²) in [6.07, 6.45) is 2.24. The van der Waals surface area contributed by atoms with Gasteiger partial charge in [-0.25, -0.2) is 4.79 Å². The lowest BCUT2D eigenvalue weighted by Crippen LogP contribution is -2.20. The lowest BCUT2D eigenvalue weighted by atomic mass is 9.94. The number of ether oxygens (including phenoxy) is 3. The van der Waals surface area contributed by atoms with Crippen LogP contribution in [-0.4, -0.2) is 22.4 Å². The molecule has 7 aromatic rings. The monoisotopic (exact) mass is 746 g/mol. The van der Waals surface area contributed by atoms with Gasteiger partial charge in [-0.3, -0.25) is 0 Å². The molecule has 7 heteroatoms. The van der Waals surface area contributed by atoms with E-state index in [4.69, 9.17) is 30.9 Å². The molecule has 1 N–H and O–H groups in total. The van der Waals surface area contributed by atoms with Crippen LogP contribution in [0.25, 0.3) is 27.8 Å². The summed E-state index contributed by atoms with van der Waals surface area (Å²) in [6.45, 7) is 0. The predicted molar refractivity (Wildman–Crippen MR) is 219 cm³/mol. The van der Waals surface area contributed by atoms with Crippen LogP contribution in [0.15, 0.2) is 193 Å². The maximum absolute atomic E-state index is 11.1. The average molecular weight is 747 g/mol. The Hall–Kier alpha value is -6.21. The Morgan fingerprint density at radius 1 is 0.519 bits per heavy atom. The van der Waals surface area contributed by atoms with Crippen LogP contribution in [0.2, 0.25) is 0 Å². The summed E-state index contributed by atoms with van der Waals surface area (Å²) in [7, 11) is 0. The van der Waals surface area contributed by atoms with E-state index in [-0.39, 0.29) is 0 Å². The SMILES string of the molecule is O=C(O)C(Cl)Oc1ccc(SCC=C(c2ccc(-c3ccc(Oc4ccccc4)cc3)cc2)c2ccc(-c3ccc(Oc4ccccc4)cc3)cc2)cc1. The van der Waals surface area contributed by atoms with Gasteiger partial charge in [0.05, 0.1) is 0 Å². The van der Waals surface area contributed by atoms with Crippen LogP contribution in [0.3, 0.4) is 0 Å². The van der Waals surface area contributed by atoms with Crippen LogP contribution < -0.4 is 14.2 Å². The highest BCUT2D eigenvalue weighted by molar-refractivity contribution is 7.99. The summed E-state index contributed by atoms with van der Waals surface area (Å²) in [5.41, 5.74) is 6.30. The molecular formula is C47H35ClO5S. The number of thioether (sulfide) groups is 1. The summed E-state index contributed by atoms with van der Waals surface area (Å²) in [6, 6.07) is 60.3. The summed E-state index contributed by atoms with van der Waals surface area (Å²) in [5, 5.41) is 9.03. The first kappa shape index (κ1) is 36.2. The maximum Gasteiger partial charge on any atom is 0.360 e. The van der Waals surface area contributed by atoms with Crippen molar-refractivity contribution in [1.29, 1.82) is 0 Å². The van der Waals surface area contributed by atoms with Gasteiger partial charge in [-0.05, 0) is 112 Å². The zero-order valence-corrected chi connectivity index (χ0v) is 30.6. The fraction of sp³-hybridized carbons (Fsp3) is 0.0426. The number of benzene rings is 7. The van der Waals surface area contributed by atoms with E-state index in [1.54, 1.807) is 23.9 Å². The summed E-state index contributed by atoms with van der Waals surface area (Å²) in [4.78, 5) is 12.1. The van der Waals surface area contributed by atoms with Crippen molar-refractivity contribution in [3.05, 3.63) is 199 Å². The molecule has 0 bridgehead atoms. The van der Waals surface area contributed by atoms with E-state index in [2.05, 4.69) is 78.9 Å². The van der Waals surface area contributed by atoms with Crippen molar-refractivity contribution < 1.29 is 24.1 Å². The van der Waals surface area contributed by atoms with E-state index in [0.29, 0.717) is 11.5 Å². The van der Waals surface area contributed by atoms with Gasteiger partial charge in [-0.1, -0.05) is 127 Å². The minimum absolute atomic E-state index is 0.398. The van der Waals surface area contributed by atoms with Crippen molar-refractivity contribution in [2.75, 3.05) is 5.75 Å². The number of halogens is 1. The van der Waals surface area contributed by atoms with Gasteiger partial charge in [0, 0.05) is 10.6 Å². The molecule has 0 heterocycles. The maximum atomic E-state index is 11.1. The molecule has 0 saturated heterocycles. The first-order chi connectivity index (χ1) is 26.5. The number of rotatable bonds is 14. The Balaban J connectivity index is 1.09. The third-order valence-corrected chi connectivity index (χ3v) is 9.73. The summed E-state index contributed by atoms with van der Waals surface area (Å²) >= 11 is 7.41. The molecule has 1 unspecified atom stereocenters. The van der Waals surface area contributed by atoms with Crippen LogP contribution in [0, 0.1) is 0 Å². The second kappa shape index (κ2) is 17.5.